The second-order valence-electron chi connectivity index (χ2n) is 6.38. The summed E-state index contributed by atoms with van der Waals surface area (Å²) in [6, 6.07) is 5.48. The monoisotopic (exact) mass is 397 g/mol. The van der Waals surface area contributed by atoms with E-state index in [0.29, 0.717) is 23.1 Å². The predicted molar refractivity (Wildman–Crippen MR) is 107 cm³/mol. The number of carbonyl (C=O) groups excluding carboxylic acids is 2. The van der Waals surface area contributed by atoms with Crippen LogP contribution in [0.2, 0.25) is 0 Å². The number of likely N-dealkylation sites (N-methyl/N-ethyl adjacent to an activating group) is 1. The molecule has 3 heterocycles. The van der Waals surface area contributed by atoms with Gasteiger partial charge in [0.25, 0.3) is 5.91 Å². The summed E-state index contributed by atoms with van der Waals surface area (Å²) in [6.45, 7) is 1.74. The quantitative estimate of drug-likeness (QED) is 0.551. The molecule has 1 unspecified atom stereocenters. The van der Waals surface area contributed by atoms with Crippen molar-refractivity contribution in [2.24, 2.45) is 11.5 Å². The molecule has 0 fully saturated rings. The zero-order chi connectivity index (χ0) is 21.1. The van der Waals surface area contributed by atoms with Crippen molar-refractivity contribution in [2.75, 3.05) is 17.3 Å². The van der Waals surface area contributed by atoms with Gasteiger partial charge in [-0.2, -0.15) is 0 Å². The van der Waals surface area contributed by atoms with Crippen LogP contribution < -0.4 is 21.7 Å². The third kappa shape index (κ3) is 4.05. The molecule has 0 spiro atoms. The molecule has 9 nitrogen and oxygen atoms in total. The van der Waals surface area contributed by atoms with Gasteiger partial charge in [-0.15, -0.1) is 0 Å². The Balaban J connectivity index is 2.05. The fraction of sp³-hybridized carbons (Fsp3) is 0.211. The molecular formula is C19H20FN7O2. The van der Waals surface area contributed by atoms with Gasteiger partial charge >= 0.3 is 0 Å². The van der Waals surface area contributed by atoms with E-state index in [1.165, 1.54) is 18.1 Å². The molecule has 3 aromatic rings. The van der Waals surface area contributed by atoms with Crippen molar-refractivity contribution >= 4 is 40.2 Å². The van der Waals surface area contributed by atoms with E-state index in [0.717, 1.165) is 6.07 Å². The highest BCUT2D eigenvalue weighted by atomic mass is 19.1. The van der Waals surface area contributed by atoms with Crippen LogP contribution in [0.3, 0.4) is 0 Å². The van der Waals surface area contributed by atoms with Crippen LogP contribution in [-0.4, -0.2) is 39.9 Å². The van der Waals surface area contributed by atoms with Crippen molar-refractivity contribution in [3.05, 3.63) is 48.0 Å². The van der Waals surface area contributed by atoms with E-state index in [2.05, 4.69) is 20.3 Å². The fourth-order valence-corrected chi connectivity index (χ4v) is 2.98. The Kier molecular flexibility index (Phi) is 5.53. The minimum atomic E-state index is -0.859. The molecule has 2 amide bonds. The van der Waals surface area contributed by atoms with Crippen molar-refractivity contribution < 1.29 is 14.0 Å². The molecule has 1 atom stereocenters. The van der Waals surface area contributed by atoms with Crippen molar-refractivity contribution in [1.82, 2.24) is 15.0 Å². The van der Waals surface area contributed by atoms with Gasteiger partial charge in [-0.1, -0.05) is 6.92 Å². The van der Waals surface area contributed by atoms with Crippen LogP contribution in [-0.2, 0) is 4.79 Å². The van der Waals surface area contributed by atoms with Crippen LogP contribution in [0.15, 0.2) is 36.7 Å². The van der Waals surface area contributed by atoms with Gasteiger partial charge in [0.1, 0.15) is 11.9 Å². The van der Waals surface area contributed by atoms with Gasteiger partial charge in [-0.05, 0) is 30.7 Å². The van der Waals surface area contributed by atoms with E-state index in [-0.39, 0.29) is 17.2 Å². The highest BCUT2D eigenvalue weighted by molar-refractivity contribution is 5.99. The Labute approximate surface area is 165 Å². The zero-order valence-corrected chi connectivity index (χ0v) is 15.9. The van der Waals surface area contributed by atoms with E-state index in [1.54, 1.807) is 31.3 Å². The Morgan fingerprint density at radius 3 is 2.66 bits per heavy atom. The summed E-state index contributed by atoms with van der Waals surface area (Å²) in [5.74, 6) is -2.39. The largest absolute Gasteiger partial charge is 0.368 e. The summed E-state index contributed by atoms with van der Waals surface area (Å²) in [5.41, 5.74) is 12.4. The molecule has 0 aliphatic carbocycles. The zero-order valence-electron chi connectivity index (χ0n) is 15.9. The van der Waals surface area contributed by atoms with Crippen LogP contribution in [0.5, 0.6) is 0 Å². The smallest absolute Gasteiger partial charge is 0.252 e. The average molecular weight is 397 g/mol. The summed E-state index contributed by atoms with van der Waals surface area (Å²) in [4.78, 5) is 37.5. The SMILES string of the molecule is CCC(C(N)=O)N(C)c1nc(Nc2cnc3cccnc3c2)c(C(N)=O)cc1F. The van der Waals surface area contributed by atoms with Crippen molar-refractivity contribution in [3.63, 3.8) is 0 Å². The van der Waals surface area contributed by atoms with Crippen LogP contribution in [0.1, 0.15) is 23.7 Å². The number of aromatic nitrogens is 3. The number of nitrogens with zero attached hydrogens (tertiary/aromatic N) is 4. The van der Waals surface area contributed by atoms with E-state index in [1.807, 2.05) is 0 Å². The minimum absolute atomic E-state index is 0.0251. The standard InChI is InChI=1S/C19H20FN7O2/c1-3-15(17(22)29)27(2)19-12(20)8-11(16(21)28)18(26-19)25-10-7-14-13(24-9-10)5-4-6-23-14/h4-9,15H,3H2,1-2H3,(H2,21,28)(H2,22,29)(H,25,26). The normalized spacial score (nSPS) is 11.8. The lowest BCUT2D eigenvalue weighted by Gasteiger charge is -2.26. The number of carbonyl (C=O) groups is 2. The van der Waals surface area contributed by atoms with E-state index < -0.39 is 23.7 Å². The second kappa shape index (κ2) is 8.05. The Morgan fingerprint density at radius 2 is 2.00 bits per heavy atom. The van der Waals surface area contributed by atoms with Crippen molar-refractivity contribution in [3.8, 4) is 0 Å². The molecule has 10 heteroatoms. The molecule has 5 N–H and O–H groups in total. The lowest BCUT2D eigenvalue weighted by atomic mass is 10.1. The Hall–Kier alpha value is -3.82. The van der Waals surface area contributed by atoms with E-state index in [4.69, 9.17) is 11.5 Å². The molecule has 0 saturated heterocycles. The van der Waals surface area contributed by atoms with Crippen LogP contribution in [0, 0.1) is 5.82 Å². The number of primary amides is 2. The molecule has 0 radical (unpaired) electrons. The number of anilines is 3. The number of rotatable bonds is 7. The molecule has 0 saturated carbocycles. The third-order valence-electron chi connectivity index (χ3n) is 4.45. The van der Waals surface area contributed by atoms with Gasteiger partial charge in [-0.25, -0.2) is 9.37 Å². The van der Waals surface area contributed by atoms with Crippen LogP contribution >= 0.6 is 0 Å². The van der Waals surface area contributed by atoms with Gasteiger partial charge < -0.3 is 21.7 Å². The molecule has 0 aliphatic rings. The molecule has 3 rings (SSSR count). The highest BCUT2D eigenvalue weighted by Gasteiger charge is 2.25. The van der Waals surface area contributed by atoms with Crippen molar-refractivity contribution in [2.45, 2.75) is 19.4 Å². The Morgan fingerprint density at radius 1 is 1.24 bits per heavy atom. The van der Waals surface area contributed by atoms with Crippen LogP contribution in [0.25, 0.3) is 11.0 Å². The molecule has 0 aliphatic heterocycles. The second-order valence-corrected chi connectivity index (χ2v) is 6.38. The Bertz CT molecular complexity index is 1090. The molecule has 0 bridgehead atoms. The first-order valence-electron chi connectivity index (χ1n) is 8.82. The number of fused-ring (bicyclic) bond motifs is 1. The average Bonchev–Trinajstić information content (AvgIpc) is 2.68. The lowest BCUT2D eigenvalue weighted by molar-refractivity contribution is -0.119. The first-order valence-corrected chi connectivity index (χ1v) is 8.82. The van der Waals surface area contributed by atoms with E-state index >= 15 is 0 Å². The maximum absolute atomic E-state index is 14.6. The fourth-order valence-electron chi connectivity index (χ4n) is 2.98. The number of hydrogen-bond acceptors (Lipinski definition) is 7. The molecule has 150 valence electrons. The number of nitrogens with one attached hydrogen (secondary N) is 1. The number of pyridine rings is 3. The topological polar surface area (TPSA) is 140 Å². The maximum atomic E-state index is 14.6. The molecular weight excluding hydrogens is 377 g/mol. The first-order chi connectivity index (χ1) is 13.8. The molecule has 29 heavy (non-hydrogen) atoms. The van der Waals surface area contributed by atoms with Gasteiger partial charge in [0.2, 0.25) is 5.91 Å². The summed E-state index contributed by atoms with van der Waals surface area (Å²) < 4.78 is 14.6. The highest BCUT2D eigenvalue weighted by Crippen LogP contribution is 2.27. The van der Waals surface area contributed by atoms with Gasteiger partial charge in [0, 0.05) is 13.2 Å². The van der Waals surface area contributed by atoms with Crippen LogP contribution in [0.4, 0.5) is 21.7 Å². The van der Waals surface area contributed by atoms with Crippen molar-refractivity contribution in [1.29, 1.82) is 0 Å². The summed E-state index contributed by atoms with van der Waals surface area (Å²) in [7, 11) is 1.50. The number of halogens is 1. The lowest BCUT2D eigenvalue weighted by Crippen LogP contribution is -2.43. The minimum Gasteiger partial charge on any atom is -0.368 e. The van der Waals surface area contributed by atoms with Gasteiger partial charge in [0.05, 0.1) is 28.5 Å². The van der Waals surface area contributed by atoms with Gasteiger partial charge in [0.15, 0.2) is 11.6 Å². The maximum Gasteiger partial charge on any atom is 0.252 e. The third-order valence-corrected chi connectivity index (χ3v) is 4.45. The number of amides is 2. The summed E-state index contributed by atoms with van der Waals surface area (Å²) >= 11 is 0. The summed E-state index contributed by atoms with van der Waals surface area (Å²) in [5, 5.41) is 2.93. The predicted octanol–water partition coefficient (Wildman–Crippen LogP) is 1.71. The van der Waals surface area contributed by atoms with Gasteiger partial charge in [-0.3, -0.25) is 19.6 Å². The number of nitrogens with two attached hydrogens (primary N) is 2. The van der Waals surface area contributed by atoms with E-state index in [9.17, 15) is 14.0 Å². The molecule has 0 aromatic carbocycles. The summed E-state index contributed by atoms with van der Waals surface area (Å²) in [6.07, 6.45) is 3.51. The number of hydrogen-bond donors (Lipinski definition) is 3. The first kappa shape index (κ1) is 19.9. The molecule has 3 aromatic heterocycles.